The van der Waals surface area contributed by atoms with Gasteiger partial charge in [0.05, 0.1) is 11.4 Å². The van der Waals surface area contributed by atoms with Gasteiger partial charge in [0.1, 0.15) is 0 Å². The van der Waals surface area contributed by atoms with Crippen molar-refractivity contribution in [2.75, 3.05) is 6.54 Å². The average molecular weight is 519 g/mol. The molecule has 0 fully saturated rings. The number of nitrogens with zero attached hydrogens (tertiary/aromatic N) is 1. The second-order valence-corrected chi connectivity index (χ2v) is 10.1. The van der Waals surface area contributed by atoms with E-state index in [0.29, 0.717) is 28.6 Å². The zero-order valence-corrected chi connectivity index (χ0v) is 20.7. The summed E-state index contributed by atoms with van der Waals surface area (Å²) in [5.41, 5.74) is 8.85. The number of rotatable bonds is 8. The number of carbonyl (C=O) groups is 1. The lowest BCUT2D eigenvalue weighted by atomic mass is 10.1. The Balaban J connectivity index is 1.51. The zero-order valence-electron chi connectivity index (χ0n) is 18.4. The van der Waals surface area contributed by atoms with Crippen LogP contribution in [-0.4, -0.2) is 26.8 Å². The Bertz CT molecular complexity index is 1290. The molecule has 0 atom stereocenters. The molecule has 1 amide bonds. The smallest absolute Gasteiger partial charge is 0.264 e. The van der Waals surface area contributed by atoms with Crippen molar-refractivity contribution in [3.8, 4) is 0 Å². The highest BCUT2D eigenvalue weighted by Crippen LogP contribution is 2.21. The van der Waals surface area contributed by atoms with Gasteiger partial charge in [-0.3, -0.25) is 4.79 Å². The number of nitrogens with two attached hydrogens (primary N) is 1. The lowest BCUT2D eigenvalue weighted by Gasteiger charge is -2.08. The molecule has 0 heterocycles. The highest BCUT2D eigenvalue weighted by Gasteiger charge is 2.14. The standard InChI is InChI=1S/C24H24Cl2N4O3S/c1-16-2-10-21(11-3-16)34(32,33)30-24(27)29-15-17-4-6-19(7-5-17)23(31)28-13-12-18-8-9-20(25)14-22(18)26/h2-11,14H,12-13,15H2,1H3,(H,28,31)(H3,27,29,30). The summed E-state index contributed by atoms with van der Waals surface area (Å²) in [7, 11) is -3.81. The first-order valence-corrected chi connectivity index (χ1v) is 12.6. The molecule has 0 aliphatic rings. The van der Waals surface area contributed by atoms with Crippen LogP contribution in [0, 0.1) is 6.92 Å². The van der Waals surface area contributed by atoms with Crippen LogP contribution >= 0.6 is 23.2 Å². The molecule has 0 aliphatic carbocycles. The Morgan fingerprint density at radius 3 is 2.32 bits per heavy atom. The van der Waals surface area contributed by atoms with Crippen LogP contribution in [0.2, 0.25) is 10.0 Å². The Labute approximate surface area is 209 Å². The number of halogens is 2. The molecule has 3 rings (SSSR count). The molecule has 0 unspecified atom stereocenters. The summed E-state index contributed by atoms with van der Waals surface area (Å²) in [5, 5.41) is 3.97. The van der Waals surface area contributed by atoms with Gasteiger partial charge in [0, 0.05) is 22.2 Å². The summed E-state index contributed by atoms with van der Waals surface area (Å²) in [6.45, 7) is 2.44. The van der Waals surface area contributed by atoms with Gasteiger partial charge in [0.2, 0.25) is 5.96 Å². The molecule has 0 saturated carbocycles. The molecule has 0 bridgehead atoms. The molecule has 0 spiro atoms. The van der Waals surface area contributed by atoms with Gasteiger partial charge in [0.15, 0.2) is 0 Å². The molecule has 0 aromatic heterocycles. The Morgan fingerprint density at radius 2 is 1.68 bits per heavy atom. The fraction of sp³-hybridized carbons (Fsp3) is 0.167. The molecule has 4 N–H and O–H groups in total. The number of benzene rings is 3. The van der Waals surface area contributed by atoms with Crippen molar-refractivity contribution < 1.29 is 13.2 Å². The number of aryl methyl sites for hydroxylation is 1. The number of hydrogen-bond acceptors (Lipinski definition) is 4. The average Bonchev–Trinajstić information content (AvgIpc) is 2.79. The van der Waals surface area contributed by atoms with Crippen LogP contribution in [0.25, 0.3) is 0 Å². The fourth-order valence-electron chi connectivity index (χ4n) is 3.02. The molecule has 3 aromatic carbocycles. The van der Waals surface area contributed by atoms with E-state index in [0.717, 1.165) is 16.7 Å². The summed E-state index contributed by atoms with van der Waals surface area (Å²) >= 11 is 12.0. The van der Waals surface area contributed by atoms with Gasteiger partial charge in [-0.1, -0.05) is 59.1 Å². The van der Waals surface area contributed by atoms with Gasteiger partial charge in [-0.2, -0.15) is 0 Å². The molecule has 3 aromatic rings. The molecule has 7 nitrogen and oxygen atoms in total. The molecule has 0 radical (unpaired) electrons. The van der Waals surface area contributed by atoms with Crippen molar-refractivity contribution in [3.05, 3.63) is 99.0 Å². The summed E-state index contributed by atoms with van der Waals surface area (Å²) in [5.74, 6) is -0.436. The van der Waals surface area contributed by atoms with E-state index >= 15 is 0 Å². The molecule has 0 saturated heterocycles. The van der Waals surface area contributed by atoms with Crippen LogP contribution in [-0.2, 0) is 23.0 Å². The maximum atomic E-state index is 12.4. The molecule has 0 aliphatic heterocycles. The maximum Gasteiger partial charge on any atom is 0.264 e. The summed E-state index contributed by atoms with van der Waals surface area (Å²) in [6, 6.07) is 18.5. The third kappa shape index (κ3) is 7.21. The van der Waals surface area contributed by atoms with Crippen LogP contribution in [0.3, 0.4) is 0 Å². The third-order valence-electron chi connectivity index (χ3n) is 4.91. The Morgan fingerprint density at radius 1 is 1.00 bits per heavy atom. The summed E-state index contributed by atoms with van der Waals surface area (Å²) in [4.78, 5) is 16.6. The van der Waals surface area contributed by atoms with Crippen LogP contribution in [0.15, 0.2) is 76.6 Å². The van der Waals surface area contributed by atoms with Crippen molar-refractivity contribution in [3.63, 3.8) is 0 Å². The second kappa shape index (κ2) is 11.4. The number of sulfonamides is 1. The van der Waals surface area contributed by atoms with Gasteiger partial charge in [-0.25, -0.2) is 18.1 Å². The van der Waals surface area contributed by atoms with Crippen molar-refractivity contribution in [2.24, 2.45) is 10.7 Å². The van der Waals surface area contributed by atoms with E-state index < -0.39 is 10.0 Å². The number of nitrogens with one attached hydrogen (secondary N) is 2. The lowest BCUT2D eigenvalue weighted by Crippen LogP contribution is -2.36. The number of hydrogen-bond donors (Lipinski definition) is 3. The van der Waals surface area contributed by atoms with Crippen molar-refractivity contribution in [2.45, 2.75) is 24.8 Å². The molecule has 10 heteroatoms. The Hall–Kier alpha value is -3.07. The lowest BCUT2D eigenvalue weighted by molar-refractivity contribution is 0.0954. The van der Waals surface area contributed by atoms with Crippen LogP contribution in [0.1, 0.15) is 27.0 Å². The first-order chi connectivity index (χ1) is 16.1. The first kappa shape index (κ1) is 25.6. The highest BCUT2D eigenvalue weighted by molar-refractivity contribution is 7.90. The van der Waals surface area contributed by atoms with Crippen molar-refractivity contribution in [1.29, 1.82) is 0 Å². The zero-order chi connectivity index (χ0) is 24.7. The SMILES string of the molecule is Cc1ccc(S(=O)(=O)NC(N)=NCc2ccc(C(=O)NCCc3ccc(Cl)cc3Cl)cc2)cc1. The van der Waals surface area contributed by atoms with E-state index in [-0.39, 0.29) is 23.3 Å². The van der Waals surface area contributed by atoms with Gasteiger partial charge in [0.25, 0.3) is 15.9 Å². The van der Waals surface area contributed by atoms with Gasteiger partial charge < -0.3 is 11.1 Å². The van der Waals surface area contributed by atoms with Gasteiger partial charge in [-0.05, 0) is 60.9 Å². The van der Waals surface area contributed by atoms with E-state index in [9.17, 15) is 13.2 Å². The minimum atomic E-state index is -3.81. The maximum absolute atomic E-state index is 12.4. The van der Waals surface area contributed by atoms with Crippen LogP contribution in [0.5, 0.6) is 0 Å². The minimum absolute atomic E-state index is 0.102. The predicted octanol–water partition coefficient (Wildman–Crippen LogP) is 4.07. The molecule has 34 heavy (non-hydrogen) atoms. The van der Waals surface area contributed by atoms with E-state index in [4.69, 9.17) is 28.9 Å². The first-order valence-electron chi connectivity index (χ1n) is 10.3. The number of aliphatic imine (C=N–C) groups is 1. The predicted molar refractivity (Wildman–Crippen MR) is 136 cm³/mol. The highest BCUT2D eigenvalue weighted by atomic mass is 35.5. The van der Waals surface area contributed by atoms with E-state index in [1.54, 1.807) is 48.5 Å². The summed E-state index contributed by atoms with van der Waals surface area (Å²) < 4.78 is 27.0. The van der Waals surface area contributed by atoms with Crippen molar-refractivity contribution >= 4 is 45.1 Å². The van der Waals surface area contributed by atoms with Gasteiger partial charge in [-0.15, -0.1) is 0 Å². The third-order valence-corrected chi connectivity index (χ3v) is 6.87. The van der Waals surface area contributed by atoms with Gasteiger partial charge >= 0.3 is 0 Å². The van der Waals surface area contributed by atoms with Crippen LogP contribution in [0.4, 0.5) is 0 Å². The normalized spacial score (nSPS) is 11.8. The molecule has 178 valence electrons. The number of carbonyl (C=O) groups excluding carboxylic acids is 1. The molecular formula is C24H24Cl2N4O3S. The largest absolute Gasteiger partial charge is 0.369 e. The van der Waals surface area contributed by atoms with Crippen molar-refractivity contribution in [1.82, 2.24) is 10.0 Å². The second-order valence-electron chi connectivity index (χ2n) is 7.56. The number of guanidine groups is 1. The topological polar surface area (TPSA) is 114 Å². The summed E-state index contributed by atoms with van der Waals surface area (Å²) in [6.07, 6.45) is 0.576. The van der Waals surface area contributed by atoms with E-state index in [2.05, 4.69) is 15.0 Å². The monoisotopic (exact) mass is 518 g/mol. The number of amides is 1. The quantitative estimate of drug-likeness (QED) is 0.308. The minimum Gasteiger partial charge on any atom is -0.369 e. The van der Waals surface area contributed by atoms with E-state index in [1.165, 1.54) is 12.1 Å². The molecular weight excluding hydrogens is 495 g/mol. The van der Waals surface area contributed by atoms with E-state index in [1.807, 2.05) is 13.0 Å². The van der Waals surface area contributed by atoms with Crippen LogP contribution < -0.4 is 15.8 Å². The fourth-order valence-corrected chi connectivity index (χ4v) is 4.48. The Kier molecular flexibility index (Phi) is 8.55.